The van der Waals surface area contributed by atoms with Crippen molar-refractivity contribution in [3.63, 3.8) is 0 Å². The van der Waals surface area contributed by atoms with Crippen molar-refractivity contribution >= 4 is 11.9 Å². The molecule has 1 fully saturated rings. The van der Waals surface area contributed by atoms with E-state index in [0.717, 1.165) is 16.9 Å². The van der Waals surface area contributed by atoms with Crippen LogP contribution in [0.3, 0.4) is 0 Å². The summed E-state index contributed by atoms with van der Waals surface area (Å²) in [5, 5.41) is 0. The molecule has 0 aromatic heterocycles. The molecule has 4 heteroatoms. The lowest BCUT2D eigenvalue weighted by Crippen LogP contribution is -1.97. The van der Waals surface area contributed by atoms with Crippen molar-refractivity contribution < 1.29 is 19.1 Å². The summed E-state index contributed by atoms with van der Waals surface area (Å²) in [5.74, 6) is -0.350. The van der Waals surface area contributed by atoms with Crippen LogP contribution in [-0.2, 0) is 20.7 Å². The minimum atomic E-state index is -0.570. The summed E-state index contributed by atoms with van der Waals surface area (Å²) in [7, 11) is 1.61. The third-order valence-electron chi connectivity index (χ3n) is 3.08. The Morgan fingerprint density at radius 2 is 1.80 bits per heavy atom. The van der Waals surface area contributed by atoms with Crippen LogP contribution < -0.4 is 4.74 Å². The van der Waals surface area contributed by atoms with Gasteiger partial charge in [0.25, 0.3) is 0 Å². The molecule has 0 bridgehead atoms. The van der Waals surface area contributed by atoms with E-state index in [0.29, 0.717) is 17.6 Å². The fraction of sp³-hybridized carbons (Fsp3) is 0.250. The average molecular weight is 272 g/mol. The van der Waals surface area contributed by atoms with Crippen molar-refractivity contribution in [1.29, 1.82) is 0 Å². The van der Waals surface area contributed by atoms with E-state index in [1.54, 1.807) is 27.0 Å². The van der Waals surface area contributed by atoms with Gasteiger partial charge in [0.1, 0.15) is 5.75 Å². The van der Waals surface area contributed by atoms with Crippen molar-refractivity contribution in [3.05, 3.63) is 52.6 Å². The van der Waals surface area contributed by atoms with Crippen molar-refractivity contribution in [1.82, 2.24) is 0 Å². The Bertz CT molecular complexity index is 602. The lowest BCUT2D eigenvalue weighted by atomic mass is 10.0. The number of carbonyl (C=O) groups excluding carboxylic acids is 2. The van der Waals surface area contributed by atoms with Gasteiger partial charge in [0, 0.05) is 0 Å². The minimum Gasteiger partial charge on any atom is -0.497 e. The number of ether oxygens (including phenoxy) is 2. The first kappa shape index (κ1) is 14.1. The Labute approximate surface area is 117 Å². The maximum atomic E-state index is 11.7. The summed E-state index contributed by atoms with van der Waals surface area (Å²) in [4.78, 5) is 23.2. The standard InChI is InChI=1S/C16H16O4/c1-10(2)14-13(15(17)20-16(14)18)9-6-11-4-7-12(19-3)8-5-11/h4-5,7-9H,6H2,1-3H3. The molecule has 0 unspecified atom stereocenters. The molecule has 0 spiro atoms. The number of cyclic esters (lactones) is 2. The number of rotatable bonds is 3. The monoisotopic (exact) mass is 272 g/mol. The lowest BCUT2D eigenvalue weighted by Gasteiger charge is -2.01. The van der Waals surface area contributed by atoms with Crippen LogP contribution in [0.5, 0.6) is 5.75 Å². The summed E-state index contributed by atoms with van der Waals surface area (Å²) in [6.07, 6.45) is 2.29. The molecule has 1 aromatic rings. The Morgan fingerprint density at radius 1 is 1.15 bits per heavy atom. The Hall–Kier alpha value is -2.36. The van der Waals surface area contributed by atoms with E-state index in [-0.39, 0.29) is 0 Å². The van der Waals surface area contributed by atoms with Gasteiger partial charge in [-0.05, 0) is 38.0 Å². The predicted molar refractivity (Wildman–Crippen MR) is 74.3 cm³/mol. The molecule has 1 saturated heterocycles. The number of carbonyl (C=O) groups is 2. The first-order valence-corrected chi connectivity index (χ1v) is 6.30. The maximum Gasteiger partial charge on any atom is 0.346 e. The van der Waals surface area contributed by atoms with Crippen LogP contribution >= 0.6 is 0 Å². The molecule has 20 heavy (non-hydrogen) atoms. The zero-order valence-corrected chi connectivity index (χ0v) is 11.7. The molecule has 0 saturated carbocycles. The average Bonchev–Trinajstić information content (AvgIpc) is 2.71. The van der Waals surface area contributed by atoms with E-state index in [2.05, 4.69) is 4.74 Å². The highest BCUT2D eigenvalue weighted by Gasteiger charge is 2.33. The molecular formula is C16H16O4. The quantitative estimate of drug-likeness (QED) is 0.482. The SMILES string of the molecule is COc1ccc(CC=C2C(=O)OC(=O)C2=C(C)C)cc1. The fourth-order valence-electron chi connectivity index (χ4n) is 2.04. The van der Waals surface area contributed by atoms with Gasteiger partial charge < -0.3 is 9.47 Å². The number of benzene rings is 1. The third kappa shape index (κ3) is 2.79. The second-order valence-corrected chi connectivity index (χ2v) is 4.72. The molecule has 104 valence electrons. The highest BCUT2D eigenvalue weighted by Crippen LogP contribution is 2.25. The van der Waals surface area contributed by atoms with Crippen LogP contribution in [-0.4, -0.2) is 19.0 Å². The summed E-state index contributed by atoms with van der Waals surface area (Å²) < 4.78 is 9.73. The van der Waals surface area contributed by atoms with E-state index in [1.165, 1.54) is 0 Å². The van der Waals surface area contributed by atoms with Gasteiger partial charge in [-0.1, -0.05) is 23.8 Å². The Kier molecular flexibility index (Phi) is 4.03. The van der Waals surface area contributed by atoms with Gasteiger partial charge in [-0.25, -0.2) is 9.59 Å². The Balaban J connectivity index is 2.23. The summed E-state index contributed by atoms with van der Waals surface area (Å²) in [6.45, 7) is 3.58. The van der Waals surface area contributed by atoms with Crippen LogP contribution in [0.25, 0.3) is 0 Å². The van der Waals surface area contributed by atoms with E-state index in [9.17, 15) is 9.59 Å². The van der Waals surface area contributed by atoms with Gasteiger partial charge in [-0.2, -0.15) is 0 Å². The van der Waals surface area contributed by atoms with E-state index in [1.807, 2.05) is 24.3 Å². The molecule has 1 aliphatic rings. The molecule has 1 aliphatic heterocycles. The van der Waals surface area contributed by atoms with Gasteiger partial charge in [-0.3, -0.25) is 0 Å². The van der Waals surface area contributed by atoms with Gasteiger partial charge in [0.2, 0.25) is 0 Å². The molecule has 0 aliphatic carbocycles. The second-order valence-electron chi connectivity index (χ2n) is 4.72. The van der Waals surface area contributed by atoms with Gasteiger partial charge in [0.15, 0.2) is 0 Å². The summed E-state index contributed by atoms with van der Waals surface area (Å²) in [6, 6.07) is 7.54. The van der Waals surface area contributed by atoms with Gasteiger partial charge in [0.05, 0.1) is 18.3 Å². The van der Waals surface area contributed by atoms with Crippen LogP contribution in [0.1, 0.15) is 19.4 Å². The molecular weight excluding hydrogens is 256 g/mol. The summed E-state index contributed by atoms with van der Waals surface area (Å²) in [5.41, 5.74) is 2.54. The second kappa shape index (κ2) is 5.74. The zero-order chi connectivity index (χ0) is 14.7. The van der Waals surface area contributed by atoms with E-state index >= 15 is 0 Å². The van der Waals surface area contributed by atoms with Crippen molar-refractivity contribution in [2.24, 2.45) is 0 Å². The number of allylic oxidation sites excluding steroid dienone is 2. The number of hydrogen-bond acceptors (Lipinski definition) is 4. The van der Waals surface area contributed by atoms with Crippen molar-refractivity contribution in [3.8, 4) is 5.75 Å². The molecule has 0 N–H and O–H groups in total. The van der Waals surface area contributed by atoms with E-state index < -0.39 is 11.9 Å². The zero-order valence-electron chi connectivity index (χ0n) is 11.7. The van der Waals surface area contributed by atoms with Gasteiger partial charge in [-0.15, -0.1) is 0 Å². The minimum absolute atomic E-state index is 0.353. The van der Waals surface area contributed by atoms with Crippen LogP contribution in [0.15, 0.2) is 47.1 Å². The molecule has 1 heterocycles. The van der Waals surface area contributed by atoms with Crippen molar-refractivity contribution in [2.75, 3.05) is 7.11 Å². The molecule has 0 amide bonds. The molecule has 2 rings (SSSR count). The maximum absolute atomic E-state index is 11.7. The smallest absolute Gasteiger partial charge is 0.346 e. The lowest BCUT2D eigenvalue weighted by molar-refractivity contribution is -0.149. The topological polar surface area (TPSA) is 52.6 Å². The number of esters is 2. The number of hydrogen-bond donors (Lipinski definition) is 0. The highest BCUT2D eigenvalue weighted by atomic mass is 16.6. The molecule has 1 aromatic carbocycles. The van der Waals surface area contributed by atoms with E-state index in [4.69, 9.17) is 4.74 Å². The van der Waals surface area contributed by atoms with Crippen LogP contribution in [0.4, 0.5) is 0 Å². The molecule has 4 nitrogen and oxygen atoms in total. The van der Waals surface area contributed by atoms with Gasteiger partial charge >= 0.3 is 11.9 Å². The third-order valence-corrected chi connectivity index (χ3v) is 3.08. The van der Waals surface area contributed by atoms with Crippen molar-refractivity contribution in [2.45, 2.75) is 20.3 Å². The largest absolute Gasteiger partial charge is 0.497 e. The first-order chi connectivity index (χ1) is 9.52. The first-order valence-electron chi connectivity index (χ1n) is 6.30. The highest BCUT2D eigenvalue weighted by molar-refractivity contribution is 6.18. The van der Waals surface area contributed by atoms with Crippen LogP contribution in [0, 0.1) is 0 Å². The Morgan fingerprint density at radius 3 is 2.35 bits per heavy atom. The van der Waals surface area contributed by atoms with Crippen LogP contribution in [0.2, 0.25) is 0 Å². The normalized spacial score (nSPS) is 16.6. The fourth-order valence-corrected chi connectivity index (χ4v) is 2.04. The number of methoxy groups -OCH3 is 1. The predicted octanol–water partition coefficient (Wildman–Crippen LogP) is 2.58. The molecule has 0 atom stereocenters. The molecule has 0 radical (unpaired) electrons. The summed E-state index contributed by atoms with van der Waals surface area (Å²) >= 11 is 0.